The molecule has 4 rings (SSSR count). The van der Waals surface area contributed by atoms with Crippen LogP contribution in [-0.2, 0) is 17.8 Å². The van der Waals surface area contributed by atoms with E-state index in [0.29, 0.717) is 18.8 Å². The van der Waals surface area contributed by atoms with Crippen LogP contribution in [0.15, 0.2) is 79.3 Å². The van der Waals surface area contributed by atoms with Crippen molar-refractivity contribution >= 4 is 17.2 Å². The van der Waals surface area contributed by atoms with Gasteiger partial charge in [-0.15, -0.1) is 0 Å². The van der Waals surface area contributed by atoms with E-state index < -0.39 is 0 Å². The number of pyridine rings is 2. The molecule has 0 saturated heterocycles. The van der Waals surface area contributed by atoms with Crippen LogP contribution in [0.5, 0.6) is 5.75 Å². The van der Waals surface area contributed by atoms with Gasteiger partial charge in [-0.05, 0) is 49.2 Å². The second-order valence-electron chi connectivity index (χ2n) is 6.74. The fourth-order valence-electron chi connectivity index (χ4n) is 3.08. The van der Waals surface area contributed by atoms with E-state index in [4.69, 9.17) is 4.74 Å². The molecule has 0 fully saturated rings. The number of amides is 1. The van der Waals surface area contributed by atoms with Gasteiger partial charge < -0.3 is 14.5 Å². The number of aromatic nitrogens is 3. The smallest absolute Gasteiger partial charge is 0.224 e. The van der Waals surface area contributed by atoms with Crippen LogP contribution < -0.4 is 10.1 Å². The van der Waals surface area contributed by atoms with Gasteiger partial charge in [-0.25, -0.2) is 4.98 Å². The quantitative estimate of drug-likeness (QED) is 0.491. The first-order valence-corrected chi connectivity index (χ1v) is 9.61. The van der Waals surface area contributed by atoms with Crippen LogP contribution in [0, 0.1) is 0 Å². The van der Waals surface area contributed by atoms with Gasteiger partial charge in [0.15, 0.2) is 0 Å². The monoisotopic (exact) mass is 386 g/mol. The highest BCUT2D eigenvalue weighted by Gasteiger charge is 2.06. The van der Waals surface area contributed by atoms with E-state index in [2.05, 4.69) is 15.3 Å². The molecule has 3 heterocycles. The largest absolute Gasteiger partial charge is 0.487 e. The van der Waals surface area contributed by atoms with Crippen LogP contribution in [0.25, 0.3) is 5.65 Å². The molecule has 146 valence electrons. The Bertz CT molecular complexity index is 1060. The third-order valence-electron chi connectivity index (χ3n) is 4.48. The van der Waals surface area contributed by atoms with Crippen LogP contribution in [0.2, 0.25) is 0 Å². The minimum Gasteiger partial charge on any atom is -0.487 e. The Morgan fingerprint density at radius 3 is 2.83 bits per heavy atom. The van der Waals surface area contributed by atoms with Crippen molar-refractivity contribution in [1.82, 2.24) is 14.4 Å². The number of nitrogens with zero attached hydrogens (tertiary/aromatic N) is 3. The molecule has 4 aromatic rings. The maximum absolute atomic E-state index is 12.2. The van der Waals surface area contributed by atoms with Crippen molar-refractivity contribution in [1.29, 1.82) is 0 Å². The van der Waals surface area contributed by atoms with Crippen LogP contribution in [0.4, 0.5) is 5.69 Å². The lowest BCUT2D eigenvalue weighted by molar-refractivity contribution is -0.116. The molecule has 0 radical (unpaired) electrons. The summed E-state index contributed by atoms with van der Waals surface area (Å²) in [5, 5.41) is 2.93. The highest BCUT2D eigenvalue weighted by atomic mass is 16.5. The minimum atomic E-state index is -0.0153. The summed E-state index contributed by atoms with van der Waals surface area (Å²) in [4.78, 5) is 21.0. The average Bonchev–Trinajstić information content (AvgIpc) is 3.16. The molecule has 0 spiro atoms. The number of carbonyl (C=O) groups excluding carboxylic acids is 1. The molecular formula is C23H22N4O2. The average molecular weight is 386 g/mol. The van der Waals surface area contributed by atoms with Crippen molar-refractivity contribution in [3.8, 4) is 5.75 Å². The Balaban J connectivity index is 1.28. The number of hydrogen-bond acceptors (Lipinski definition) is 4. The Morgan fingerprint density at radius 2 is 1.97 bits per heavy atom. The van der Waals surface area contributed by atoms with Crippen LogP contribution in [0.1, 0.15) is 24.2 Å². The van der Waals surface area contributed by atoms with Gasteiger partial charge in [-0.3, -0.25) is 9.78 Å². The number of fused-ring (bicyclic) bond motifs is 1. The third kappa shape index (κ3) is 5.19. The molecule has 0 unspecified atom stereocenters. The molecule has 6 heteroatoms. The molecule has 1 aromatic carbocycles. The Hall–Kier alpha value is -3.67. The van der Waals surface area contributed by atoms with Crippen molar-refractivity contribution in [3.63, 3.8) is 0 Å². The van der Waals surface area contributed by atoms with Crippen molar-refractivity contribution < 1.29 is 9.53 Å². The second-order valence-corrected chi connectivity index (χ2v) is 6.74. The highest BCUT2D eigenvalue weighted by Crippen LogP contribution is 2.19. The minimum absolute atomic E-state index is 0.0153. The zero-order valence-corrected chi connectivity index (χ0v) is 16.0. The van der Waals surface area contributed by atoms with Gasteiger partial charge >= 0.3 is 0 Å². The number of nitrogens with one attached hydrogen (secondary N) is 1. The summed E-state index contributed by atoms with van der Waals surface area (Å²) in [5.74, 6) is 0.673. The SMILES string of the molecule is O=C(CCCc1ccccn1)Nc1cccc(OCc2cn3ccccc3n2)c1. The fraction of sp³-hybridized carbons (Fsp3) is 0.174. The number of benzene rings is 1. The first-order chi connectivity index (χ1) is 14.3. The molecule has 0 aliphatic carbocycles. The number of carbonyl (C=O) groups is 1. The van der Waals surface area contributed by atoms with E-state index in [-0.39, 0.29) is 5.91 Å². The van der Waals surface area contributed by atoms with Crippen LogP contribution >= 0.6 is 0 Å². The highest BCUT2D eigenvalue weighted by molar-refractivity contribution is 5.90. The Morgan fingerprint density at radius 1 is 1.03 bits per heavy atom. The molecule has 0 saturated carbocycles. The van der Waals surface area contributed by atoms with Gasteiger partial charge in [-0.1, -0.05) is 18.2 Å². The Kier molecular flexibility index (Phi) is 5.81. The molecule has 1 amide bonds. The van der Waals surface area contributed by atoms with Crippen LogP contribution in [0.3, 0.4) is 0 Å². The molecule has 0 bridgehead atoms. The maximum Gasteiger partial charge on any atom is 0.224 e. The summed E-state index contributed by atoms with van der Waals surface area (Å²) in [6, 6.07) is 19.1. The number of rotatable bonds is 8. The Labute approximate surface area is 169 Å². The molecule has 1 N–H and O–H groups in total. The summed E-state index contributed by atoms with van der Waals surface area (Å²) in [6.07, 6.45) is 7.66. The number of ether oxygens (including phenoxy) is 1. The number of imidazole rings is 1. The summed E-state index contributed by atoms with van der Waals surface area (Å²) >= 11 is 0. The summed E-state index contributed by atoms with van der Waals surface area (Å²) in [6.45, 7) is 0.364. The molecule has 3 aromatic heterocycles. The molecule has 0 atom stereocenters. The standard InChI is InChI=1S/C23H22N4O2/c28-23(12-6-8-18-7-1-3-13-24-18)26-19-9-5-10-21(15-19)29-17-20-16-27-14-4-2-11-22(27)25-20/h1-5,7,9-11,13-16H,6,8,12,17H2,(H,26,28). The van der Waals surface area contributed by atoms with E-state index in [9.17, 15) is 4.79 Å². The lowest BCUT2D eigenvalue weighted by Gasteiger charge is -2.08. The van der Waals surface area contributed by atoms with E-state index in [0.717, 1.165) is 35.6 Å². The van der Waals surface area contributed by atoms with E-state index >= 15 is 0 Å². The maximum atomic E-state index is 12.2. The zero-order chi connectivity index (χ0) is 19.9. The van der Waals surface area contributed by atoms with Crippen molar-refractivity contribution in [3.05, 3.63) is 90.6 Å². The van der Waals surface area contributed by atoms with Crippen LogP contribution in [-0.4, -0.2) is 20.3 Å². The third-order valence-corrected chi connectivity index (χ3v) is 4.48. The molecule has 29 heavy (non-hydrogen) atoms. The predicted octanol–water partition coefficient (Wildman–Crippen LogP) is 4.27. The molecule has 0 aliphatic heterocycles. The first kappa shape index (κ1) is 18.7. The number of hydrogen-bond donors (Lipinski definition) is 1. The number of aryl methyl sites for hydroxylation is 1. The molecular weight excluding hydrogens is 364 g/mol. The summed E-state index contributed by atoms with van der Waals surface area (Å²) in [5.41, 5.74) is 3.46. The van der Waals surface area contributed by atoms with Gasteiger partial charge in [0.2, 0.25) is 5.91 Å². The van der Waals surface area contributed by atoms with Gasteiger partial charge in [0.25, 0.3) is 0 Å². The van der Waals surface area contributed by atoms with Gasteiger partial charge in [0.05, 0.1) is 5.69 Å². The fourth-order valence-corrected chi connectivity index (χ4v) is 3.08. The van der Waals surface area contributed by atoms with Gasteiger partial charge in [0.1, 0.15) is 18.0 Å². The van der Waals surface area contributed by atoms with Crippen molar-refractivity contribution in [2.24, 2.45) is 0 Å². The van der Waals surface area contributed by atoms with Gasteiger partial charge in [0, 0.05) is 42.5 Å². The molecule has 6 nitrogen and oxygen atoms in total. The predicted molar refractivity (Wildman–Crippen MR) is 112 cm³/mol. The van der Waals surface area contributed by atoms with E-state index in [1.807, 2.05) is 77.5 Å². The lowest BCUT2D eigenvalue weighted by Crippen LogP contribution is -2.11. The number of anilines is 1. The first-order valence-electron chi connectivity index (χ1n) is 9.61. The summed E-state index contributed by atoms with van der Waals surface area (Å²) in [7, 11) is 0. The zero-order valence-electron chi connectivity index (χ0n) is 16.0. The topological polar surface area (TPSA) is 68.5 Å². The second kappa shape index (κ2) is 9.01. The van der Waals surface area contributed by atoms with E-state index in [1.165, 1.54) is 0 Å². The lowest BCUT2D eigenvalue weighted by atomic mass is 10.1. The normalized spacial score (nSPS) is 10.8. The van der Waals surface area contributed by atoms with Crippen molar-refractivity contribution in [2.45, 2.75) is 25.9 Å². The van der Waals surface area contributed by atoms with E-state index in [1.54, 1.807) is 6.20 Å². The van der Waals surface area contributed by atoms with Crippen molar-refractivity contribution in [2.75, 3.05) is 5.32 Å². The molecule has 0 aliphatic rings. The van der Waals surface area contributed by atoms with Gasteiger partial charge in [-0.2, -0.15) is 0 Å². The summed E-state index contributed by atoms with van der Waals surface area (Å²) < 4.78 is 7.81.